The summed E-state index contributed by atoms with van der Waals surface area (Å²) in [4.78, 5) is 28.0. The standard InChI is InChI=1S/C23H22FN3O3S/c1-26(2)10-11-27-22(29)19(12-14-4-7-16(30-3)8-5-14)31-23(27)20-17-9-6-15(24)13-18(17)25-21(20)28/h4-9,12-13H,10-11H2,1-3H3,(H,25,28)/b19-12+,23-20+. The molecule has 0 fully saturated rings. The van der Waals surface area contributed by atoms with Gasteiger partial charge in [0, 0.05) is 18.7 Å². The zero-order valence-electron chi connectivity index (χ0n) is 17.4. The van der Waals surface area contributed by atoms with Crippen LogP contribution in [0, 0.1) is 5.82 Å². The first-order valence-corrected chi connectivity index (χ1v) is 10.5. The minimum atomic E-state index is -0.426. The number of benzene rings is 2. The average Bonchev–Trinajstić information content (AvgIpc) is 3.22. The van der Waals surface area contributed by atoms with E-state index in [-0.39, 0.29) is 11.5 Å². The molecule has 4 rings (SSSR count). The molecule has 0 spiro atoms. The van der Waals surface area contributed by atoms with Crippen molar-refractivity contribution in [3.05, 3.63) is 79.0 Å². The number of hydrogen-bond acceptors (Lipinski definition) is 5. The number of likely N-dealkylation sites (N-methyl/N-ethyl adjacent to an activating group) is 1. The van der Waals surface area contributed by atoms with Crippen LogP contribution < -0.4 is 24.8 Å². The van der Waals surface area contributed by atoms with Gasteiger partial charge in [-0.3, -0.25) is 14.2 Å². The maximum Gasteiger partial charge on any atom is 0.269 e. The van der Waals surface area contributed by atoms with Gasteiger partial charge in [0.15, 0.2) is 0 Å². The van der Waals surface area contributed by atoms with E-state index in [4.69, 9.17) is 4.74 Å². The topological polar surface area (TPSA) is 63.6 Å². The number of aromatic nitrogens is 1. The van der Waals surface area contributed by atoms with E-state index in [1.165, 1.54) is 23.5 Å². The van der Waals surface area contributed by atoms with E-state index in [9.17, 15) is 14.0 Å². The summed E-state index contributed by atoms with van der Waals surface area (Å²) in [5.74, 6) is -0.0316. The fourth-order valence-electron chi connectivity index (χ4n) is 3.42. The normalized spacial score (nSPS) is 15.4. The van der Waals surface area contributed by atoms with Crippen LogP contribution in [-0.4, -0.2) is 43.1 Å². The molecule has 0 bridgehead atoms. The molecule has 1 N–H and O–H groups in total. The Balaban J connectivity index is 1.95. The summed E-state index contributed by atoms with van der Waals surface area (Å²) in [5.41, 5.74) is 2.11. The highest BCUT2D eigenvalue weighted by atomic mass is 32.1. The number of carbonyl (C=O) groups is 1. The highest BCUT2D eigenvalue weighted by Crippen LogP contribution is 2.30. The van der Waals surface area contributed by atoms with E-state index in [0.717, 1.165) is 11.3 Å². The molecule has 8 heteroatoms. The van der Waals surface area contributed by atoms with E-state index >= 15 is 0 Å². The van der Waals surface area contributed by atoms with Crippen molar-refractivity contribution in [2.24, 2.45) is 0 Å². The van der Waals surface area contributed by atoms with E-state index in [1.807, 2.05) is 43.3 Å². The van der Waals surface area contributed by atoms with Gasteiger partial charge in [-0.1, -0.05) is 12.1 Å². The quantitative estimate of drug-likeness (QED) is 0.656. The lowest BCUT2D eigenvalue weighted by Gasteiger charge is -2.10. The number of rotatable bonds is 5. The second-order valence-electron chi connectivity index (χ2n) is 7.47. The van der Waals surface area contributed by atoms with Crippen LogP contribution in [0.2, 0.25) is 0 Å². The van der Waals surface area contributed by atoms with Crippen molar-refractivity contribution in [1.82, 2.24) is 9.47 Å². The molecule has 1 aliphatic heterocycles. The molecule has 1 amide bonds. The predicted molar refractivity (Wildman–Crippen MR) is 120 cm³/mol. The van der Waals surface area contributed by atoms with Crippen LogP contribution in [0.3, 0.4) is 0 Å². The lowest BCUT2D eigenvalue weighted by molar-refractivity contribution is -0.110. The van der Waals surface area contributed by atoms with Crippen LogP contribution in [0.5, 0.6) is 5.75 Å². The van der Waals surface area contributed by atoms with Gasteiger partial charge in [0.25, 0.3) is 11.5 Å². The van der Waals surface area contributed by atoms with Crippen LogP contribution in [0.1, 0.15) is 11.1 Å². The fraction of sp³-hybridized carbons (Fsp3) is 0.217. The number of carbonyl (C=O) groups excluding carboxylic acids is 1. The van der Waals surface area contributed by atoms with Crippen molar-refractivity contribution in [2.75, 3.05) is 33.1 Å². The number of methoxy groups -OCH3 is 1. The van der Waals surface area contributed by atoms with Crippen LogP contribution >= 0.6 is 11.3 Å². The number of fused-ring (bicyclic) bond motifs is 1. The number of ether oxygens (including phenoxy) is 1. The maximum absolute atomic E-state index is 13.6. The van der Waals surface area contributed by atoms with Gasteiger partial charge < -0.3 is 15.0 Å². The Kier molecular flexibility index (Phi) is 5.75. The molecule has 0 atom stereocenters. The summed E-state index contributed by atoms with van der Waals surface area (Å²) in [6.45, 7) is 1.07. The van der Waals surface area contributed by atoms with Crippen molar-refractivity contribution < 1.29 is 13.9 Å². The summed E-state index contributed by atoms with van der Waals surface area (Å²) >= 11 is 1.26. The Morgan fingerprint density at radius 1 is 1.16 bits per heavy atom. The predicted octanol–water partition coefficient (Wildman–Crippen LogP) is 1.60. The zero-order chi connectivity index (χ0) is 22.1. The molecule has 0 saturated carbocycles. The van der Waals surface area contributed by atoms with Crippen LogP contribution in [0.4, 0.5) is 10.1 Å². The summed E-state index contributed by atoms with van der Waals surface area (Å²) < 4.78 is 21.5. The number of amides is 1. The zero-order valence-corrected chi connectivity index (χ0v) is 18.3. The molecule has 0 radical (unpaired) electrons. The number of halogens is 1. The SMILES string of the molecule is COc1ccc(/C=c2/s/c(=C3/C(=O)Nc4cc(F)ccc43)n(CCN(C)C)c2=O)cc1. The monoisotopic (exact) mass is 439 g/mol. The third-order valence-corrected chi connectivity index (χ3v) is 6.16. The number of nitrogens with zero attached hydrogens (tertiary/aromatic N) is 2. The molecular weight excluding hydrogens is 417 g/mol. The van der Waals surface area contributed by atoms with E-state index in [2.05, 4.69) is 5.32 Å². The van der Waals surface area contributed by atoms with Crippen molar-refractivity contribution >= 4 is 34.6 Å². The van der Waals surface area contributed by atoms with Crippen LogP contribution in [-0.2, 0) is 11.3 Å². The molecule has 160 valence electrons. The van der Waals surface area contributed by atoms with Gasteiger partial charge in [0.05, 0.1) is 22.9 Å². The summed E-state index contributed by atoms with van der Waals surface area (Å²) in [6.07, 6.45) is 1.81. The van der Waals surface area contributed by atoms with Gasteiger partial charge in [0.2, 0.25) is 0 Å². The molecule has 0 saturated heterocycles. The third-order valence-electron chi connectivity index (χ3n) is 5.03. The number of anilines is 1. The maximum atomic E-state index is 13.6. The Morgan fingerprint density at radius 3 is 2.58 bits per heavy atom. The van der Waals surface area contributed by atoms with Gasteiger partial charge in [0.1, 0.15) is 16.2 Å². The summed E-state index contributed by atoms with van der Waals surface area (Å²) in [7, 11) is 5.45. The van der Waals surface area contributed by atoms with E-state index < -0.39 is 5.82 Å². The lowest BCUT2D eigenvalue weighted by atomic mass is 10.1. The molecule has 6 nitrogen and oxygen atoms in total. The van der Waals surface area contributed by atoms with E-state index in [1.54, 1.807) is 23.8 Å². The molecule has 0 unspecified atom stereocenters. The lowest BCUT2D eigenvalue weighted by Crippen LogP contribution is -2.36. The first-order chi connectivity index (χ1) is 14.9. The average molecular weight is 440 g/mol. The fourth-order valence-corrected chi connectivity index (χ4v) is 4.61. The minimum Gasteiger partial charge on any atom is -0.497 e. The molecule has 2 aromatic carbocycles. The highest BCUT2D eigenvalue weighted by molar-refractivity contribution is 7.07. The van der Waals surface area contributed by atoms with Crippen LogP contribution in [0.25, 0.3) is 11.6 Å². The Bertz CT molecular complexity index is 1320. The molecule has 31 heavy (non-hydrogen) atoms. The van der Waals surface area contributed by atoms with Gasteiger partial charge in [-0.05, 0) is 56.1 Å². The summed E-state index contributed by atoms with van der Waals surface area (Å²) in [5, 5.41) is 2.71. The van der Waals surface area contributed by atoms with Gasteiger partial charge >= 0.3 is 0 Å². The van der Waals surface area contributed by atoms with Crippen molar-refractivity contribution in [2.45, 2.75) is 6.54 Å². The second-order valence-corrected chi connectivity index (χ2v) is 8.50. The Labute approximate surface area is 182 Å². The Morgan fingerprint density at radius 2 is 1.90 bits per heavy atom. The van der Waals surface area contributed by atoms with E-state index in [0.29, 0.717) is 39.1 Å². The first-order valence-electron chi connectivity index (χ1n) is 9.73. The first kappa shape index (κ1) is 21.0. The molecule has 1 aromatic heterocycles. The molecule has 2 heterocycles. The molecule has 3 aromatic rings. The number of hydrogen-bond donors (Lipinski definition) is 1. The third kappa shape index (κ3) is 4.17. The smallest absolute Gasteiger partial charge is 0.269 e. The van der Waals surface area contributed by atoms with Crippen LogP contribution in [0.15, 0.2) is 47.3 Å². The second kappa shape index (κ2) is 8.49. The Hall–Kier alpha value is -3.23. The molecule has 1 aliphatic rings. The largest absolute Gasteiger partial charge is 0.497 e. The minimum absolute atomic E-state index is 0.159. The van der Waals surface area contributed by atoms with Crippen molar-refractivity contribution in [1.29, 1.82) is 0 Å². The number of thiazole rings is 1. The number of nitrogens with one attached hydrogen (secondary N) is 1. The van der Waals surface area contributed by atoms with Crippen molar-refractivity contribution in [3.8, 4) is 5.75 Å². The van der Waals surface area contributed by atoms with Gasteiger partial charge in [-0.2, -0.15) is 0 Å². The van der Waals surface area contributed by atoms with Gasteiger partial charge in [-0.25, -0.2) is 4.39 Å². The van der Waals surface area contributed by atoms with Crippen molar-refractivity contribution in [3.63, 3.8) is 0 Å². The highest BCUT2D eigenvalue weighted by Gasteiger charge is 2.27. The summed E-state index contributed by atoms with van der Waals surface area (Å²) in [6, 6.07) is 11.6. The van der Waals surface area contributed by atoms with Gasteiger partial charge in [-0.15, -0.1) is 11.3 Å². The molecule has 0 aliphatic carbocycles. The molecular formula is C23H22FN3O3S.